The van der Waals surface area contributed by atoms with E-state index in [9.17, 15) is 5.11 Å². The van der Waals surface area contributed by atoms with Crippen LogP contribution >= 0.6 is 22.6 Å². The van der Waals surface area contributed by atoms with Crippen LogP contribution in [0.5, 0.6) is 0 Å². The molecule has 0 aromatic heterocycles. The zero-order valence-electron chi connectivity index (χ0n) is 5.56. The van der Waals surface area contributed by atoms with Crippen molar-refractivity contribution < 1.29 is 5.11 Å². The first-order chi connectivity index (χ1) is 3.55. The molecule has 0 aromatic rings. The van der Waals surface area contributed by atoms with Crippen LogP contribution in [-0.2, 0) is 0 Å². The second-order valence-corrected chi connectivity index (χ2v) is 4.38. The van der Waals surface area contributed by atoms with Gasteiger partial charge in [0, 0.05) is 3.92 Å². The van der Waals surface area contributed by atoms with E-state index in [4.69, 9.17) is 0 Å². The molecule has 0 aliphatic carbocycles. The molecule has 2 heteroatoms. The van der Waals surface area contributed by atoms with Gasteiger partial charge in [-0.2, -0.15) is 0 Å². The average molecular weight is 228 g/mol. The SMILES string of the molecule is CC(C)[C@@H](O)[C@@H](C)I. The summed E-state index contributed by atoms with van der Waals surface area (Å²) < 4.78 is 0.368. The fourth-order valence-corrected chi connectivity index (χ4v) is 1.36. The van der Waals surface area contributed by atoms with Crippen molar-refractivity contribution in [1.82, 2.24) is 0 Å². The van der Waals surface area contributed by atoms with E-state index >= 15 is 0 Å². The highest BCUT2D eigenvalue weighted by atomic mass is 127. The zero-order valence-corrected chi connectivity index (χ0v) is 7.71. The number of halogens is 1. The van der Waals surface area contributed by atoms with E-state index in [0.29, 0.717) is 9.84 Å². The lowest BCUT2D eigenvalue weighted by Crippen LogP contribution is -2.23. The van der Waals surface area contributed by atoms with Crippen LogP contribution in [0.1, 0.15) is 20.8 Å². The predicted octanol–water partition coefficient (Wildman–Crippen LogP) is 1.83. The normalized spacial score (nSPS) is 18.8. The van der Waals surface area contributed by atoms with Gasteiger partial charge in [-0.15, -0.1) is 0 Å². The molecule has 0 rings (SSSR count). The first-order valence-electron chi connectivity index (χ1n) is 2.88. The van der Waals surface area contributed by atoms with Crippen molar-refractivity contribution in [2.75, 3.05) is 0 Å². The van der Waals surface area contributed by atoms with Crippen LogP contribution < -0.4 is 0 Å². The summed E-state index contributed by atoms with van der Waals surface area (Å²) in [6.45, 7) is 6.07. The monoisotopic (exact) mass is 228 g/mol. The Kier molecular flexibility index (Phi) is 3.98. The van der Waals surface area contributed by atoms with Crippen LogP contribution in [-0.4, -0.2) is 15.1 Å². The molecular formula is C6H13IO. The van der Waals surface area contributed by atoms with Gasteiger partial charge in [0.25, 0.3) is 0 Å². The first-order valence-corrected chi connectivity index (χ1v) is 4.12. The van der Waals surface area contributed by atoms with E-state index in [1.54, 1.807) is 0 Å². The summed E-state index contributed by atoms with van der Waals surface area (Å²) >= 11 is 2.23. The lowest BCUT2D eigenvalue weighted by molar-refractivity contribution is 0.131. The number of alkyl halides is 1. The summed E-state index contributed by atoms with van der Waals surface area (Å²) in [4.78, 5) is 0. The van der Waals surface area contributed by atoms with Gasteiger partial charge in [-0.05, 0) is 5.92 Å². The van der Waals surface area contributed by atoms with E-state index in [-0.39, 0.29) is 6.10 Å². The summed E-state index contributed by atoms with van der Waals surface area (Å²) in [5.41, 5.74) is 0. The molecule has 0 radical (unpaired) electrons. The van der Waals surface area contributed by atoms with E-state index < -0.39 is 0 Å². The number of aliphatic hydroxyl groups excluding tert-OH is 1. The highest BCUT2D eigenvalue weighted by Crippen LogP contribution is 2.12. The van der Waals surface area contributed by atoms with Crippen molar-refractivity contribution in [2.24, 2.45) is 5.92 Å². The molecular weight excluding hydrogens is 215 g/mol. The Hall–Kier alpha value is 0.690. The van der Waals surface area contributed by atoms with Crippen molar-refractivity contribution in [2.45, 2.75) is 30.8 Å². The quantitative estimate of drug-likeness (QED) is 0.564. The minimum Gasteiger partial charge on any atom is -0.392 e. The van der Waals surface area contributed by atoms with Gasteiger partial charge in [-0.25, -0.2) is 0 Å². The average Bonchev–Trinajstić information content (AvgIpc) is 1.64. The highest BCUT2D eigenvalue weighted by molar-refractivity contribution is 14.1. The third-order valence-corrected chi connectivity index (χ3v) is 1.89. The van der Waals surface area contributed by atoms with Crippen LogP contribution in [0.4, 0.5) is 0 Å². The predicted molar refractivity (Wildman–Crippen MR) is 44.3 cm³/mol. The van der Waals surface area contributed by atoms with Crippen molar-refractivity contribution >= 4 is 22.6 Å². The topological polar surface area (TPSA) is 20.2 Å². The number of aliphatic hydroxyl groups is 1. The Morgan fingerprint density at radius 3 is 1.62 bits per heavy atom. The maximum atomic E-state index is 9.20. The third-order valence-electron chi connectivity index (χ3n) is 1.15. The van der Waals surface area contributed by atoms with E-state index in [1.807, 2.05) is 20.8 Å². The summed E-state index contributed by atoms with van der Waals surface area (Å²) in [6.07, 6.45) is -0.143. The van der Waals surface area contributed by atoms with Crippen molar-refractivity contribution in [3.8, 4) is 0 Å². The molecule has 50 valence electrons. The molecule has 0 saturated carbocycles. The third kappa shape index (κ3) is 2.87. The molecule has 0 amide bonds. The molecule has 0 spiro atoms. The van der Waals surface area contributed by atoms with Gasteiger partial charge in [-0.3, -0.25) is 0 Å². The Labute approximate surface area is 64.6 Å². The Morgan fingerprint density at radius 2 is 1.62 bits per heavy atom. The van der Waals surface area contributed by atoms with Gasteiger partial charge in [0.1, 0.15) is 0 Å². The minimum atomic E-state index is -0.143. The maximum Gasteiger partial charge on any atom is 0.0677 e. The van der Waals surface area contributed by atoms with Gasteiger partial charge in [0.05, 0.1) is 6.10 Å². The molecule has 1 N–H and O–H groups in total. The summed E-state index contributed by atoms with van der Waals surface area (Å²) in [5.74, 6) is 0.391. The Bertz CT molecular complexity index is 53.5. The van der Waals surface area contributed by atoms with Crippen LogP contribution in [0.3, 0.4) is 0 Å². The summed E-state index contributed by atoms with van der Waals surface area (Å²) in [6, 6.07) is 0. The van der Waals surface area contributed by atoms with Gasteiger partial charge >= 0.3 is 0 Å². The second-order valence-electron chi connectivity index (χ2n) is 2.41. The largest absolute Gasteiger partial charge is 0.392 e. The van der Waals surface area contributed by atoms with Gasteiger partial charge in [0.2, 0.25) is 0 Å². The molecule has 0 heterocycles. The van der Waals surface area contributed by atoms with E-state index in [2.05, 4.69) is 22.6 Å². The molecule has 0 aliphatic rings. The highest BCUT2D eigenvalue weighted by Gasteiger charge is 2.13. The fourth-order valence-electron chi connectivity index (χ4n) is 0.530. The Balaban J connectivity index is 3.46. The molecule has 0 fully saturated rings. The standard InChI is InChI=1S/C6H13IO/c1-4(2)6(8)5(3)7/h4-6,8H,1-3H3/t5-,6-/m1/s1. The molecule has 8 heavy (non-hydrogen) atoms. The van der Waals surface area contributed by atoms with Crippen LogP contribution in [0.25, 0.3) is 0 Å². The van der Waals surface area contributed by atoms with Crippen LogP contribution in [0, 0.1) is 5.92 Å². The first kappa shape index (κ1) is 8.69. The van der Waals surface area contributed by atoms with Crippen molar-refractivity contribution in [3.05, 3.63) is 0 Å². The molecule has 0 unspecified atom stereocenters. The molecule has 2 atom stereocenters. The second kappa shape index (κ2) is 3.67. The summed E-state index contributed by atoms with van der Waals surface area (Å²) in [7, 11) is 0. The minimum absolute atomic E-state index is 0.143. The molecule has 0 bridgehead atoms. The van der Waals surface area contributed by atoms with Gasteiger partial charge < -0.3 is 5.11 Å². The van der Waals surface area contributed by atoms with Gasteiger partial charge in [-0.1, -0.05) is 43.4 Å². The zero-order chi connectivity index (χ0) is 6.73. The van der Waals surface area contributed by atoms with Crippen molar-refractivity contribution in [3.63, 3.8) is 0 Å². The molecule has 1 nitrogen and oxygen atoms in total. The smallest absolute Gasteiger partial charge is 0.0677 e. The summed E-state index contributed by atoms with van der Waals surface area (Å²) in [5, 5.41) is 9.20. The van der Waals surface area contributed by atoms with Gasteiger partial charge in [0.15, 0.2) is 0 Å². The van der Waals surface area contributed by atoms with E-state index in [1.165, 1.54) is 0 Å². The van der Waals surface area contributed by atoms with Crippen LogP contribution in [0.15, 0.2) is 0 Å². The number of hydrogen-bond donors (Lipinski definition) is 1. The lowest BCUT2D eigenvalue weighted by Gasteiger charge is -2.15. The Morgan fingerprint density at radius 1 is 1.25 bits per heavy atom. The molecule has 0 saturated heterocycles. The lowest BCUT2D eigenvalue weighted by atomic mass is 10.1. The molecule has 0 aromatic carbocycles. The fraction of sp³-hybridized carbons (Fsp3) is 1.00. The number of hydrogen-bond acceptors (Lipinski definition) is 1. The van der Waals surface area contributed by atoms with Crippen molar-refractivity contribution in [1.29, 1.82) is 0 Å². The van der Waals surface area contributed by atoms with E-state index in [0.717, 1.165) is 0 Å². The number of rotatable bonds is 2. The molecule has 0 aliphatic heterocycles. The van der Waals surface area contributed by atoms with Crippen LogP contribution in [0.2, 0.25) is 0 Å². The maximum absolute atomic E-state index is 9.20.